The third-order valence-electron chi connectivity index (χ3n) is 2.36. The summed E-state index contributed by atoms with van der Waals surface area (Å²) >= 11 is 0. The number of nitro groups is 1. The first-order valence-electron chi connectivity index (χ1n) is 5.15. The number of ketones is 1. The molecule has 1 rings (SSSR count). The van der Waals surface area contributed by atoms with Crippen LogP contribution in [0, 0.1) is 10.1 Å². The highest BCUT2D eigenvalue weighted by atomic mass is 19.4. The monoisotopic (exact) mass is 277 g/mol. The summed E-state index contributed by atoms with van der Waals surface area (Å²) in [7, 11) is 0. The van der Waals surface area contributed by atoms with Gasteiger partial charge < -0.3 is 4.74 Å². The molecule has 0 N–H and O–H groups in total. The molecular weight excluding hydrogens is 267 g/mol. The molecule has 0 aliphatic carbocycles. The summed E-state index contributed by atoms with van der Waals surface area (Å²) in [5.41, 5.74) is -1.98. The van der Waals surface area contributed by atoms with Gasteiger partial charge in [0.1, 0.15) is 0 Å². The molecule has 1 atom stereocenters. The second-order valence-corrected chi connectivity index (χ2v) is 3.81. The highest BCUT2D eigenvalue weighted by Gasteiger charge is 2.33. The van der Waals surface area contributed by atoms with Gasteiger partial charge in [0, 0.05) is 6.07 Å². The zero-order chi connectivity index (χ0) is 14.8. The van der Waals surface area contributed by atoms with E-state index in [4.69, 9.17) is 4.74 Å². The molecule has 8 heteroatoms. The first kappa shape index (κ1) is 14.9. The summed E-state index contributed by atoms with van der Waals surface area (Å²) in [6, 6.07) is 1.87. The van der Waals surface area contributed by atoms with Crippen molar-refractivity contribution in [1.82, 2.24) is 0 Å². The number of carbonyl (C=O) groups is 1. The lowest BCUT2D eigenvalue weighted by molar-refractivity contribution is -0.386. The van der Waals surface area contributed by atoms with E-state index < -0.39 is 34.2 Å². The molecule has 0 fully saturated rings. The number of hydrogen-bond acceptors (Lipinski definition) is 4. The van der Waals surface area contributed by atoms with Gasteiger partial charge in [-0.15, -0.1) is 0 Å². The van der Waals surface area contributed by atoms with Gasteiger partial charge in [0.15, 0.2) is 17.6 Å². The molecule has 0 aliphatic rings. The Kier molecular flexibility index (Phi) is 4.13. The topological polar surface area (TPSA) is 69.4 Å². The molecule has 0 bridgehead atoms. The van der Waals surface area contributed by atoms with E-state index >= 15 is 0 Å². The molecule has 0 heterocycles. The Morgan fingerprint density at radius 3 is 2.42 bits per heavy atom. The quantitative estimate of drug-likeness (QED) is 0.626. The van der Waals surface area contributed by atoms with Gasteiger partial charge in [-0.1, -0.05) is 0 Å². The Morgan fingerprint density at radius 1 is 1.42 bits per heavy atom. The van der Waals surface area contributed by atoms with Gasteiger partial charge in [-0.2, -0.15) is 13.2 Å². The van der Waals surface area contributed by atoms with Crippen molar-refractivity contribution in [1.29, 1.82) is 0 Å². The summed E-state index contributed by atoms with van der Waals surface area (Å²) in [6.45, 7) is 2.56. The molecular formula is C11H10F3NO4. The Hall–Kier alpha value is -2.12. The van der Waals surface area contributed by atoms with Gasteiger partial charge in [0.25, 0.3) is 0 Å². The molecule has 0 radical (unpaired) electrons. The zero-order valence-corrected chi connectivity index (χ0v) is 10.0. The number of rotatable bonds is 4. The maximum Gasteiger partial charge on any atom is 0.416 e. The molecule has 0 aromatic heterocycles. The van der Waals surface area contributed by atoms with Gasteiger partial charge in [0.2, 0.25) is 0 Å². The maximum atomic E-state index is 12.4. The Morgan fingerprint density at radius 2 is 2.00 bits per heavy atom. The van der Waals surface area contributed by atoms with Gasteiger partial charge >= 0.3 is 11.9 Å². The molecule has 1 aromatic carbocycles. The highest BCUT2D eigenvalue weighted by Crippen LogP contribution is 2.36. The zero-order valence-electron chi connectivity index (χ0n) is 10.0. The molecule has 1 aromatic rings. The normalized spacial score (nSPS) is 12.9. The highest BCUT2D eigenvalue weighted by molar-refractivity contribution is 5.80. The molecule has 0 amide bonds. The summed E-state index contributed by atoms with van der Waals surface area (Å²) in [5, 5.41) is 10.7. The molecule has 19 heavy (non-hydrogen) atoms. The van der Waals surface area contributed by atoms with Gasteiger partial charge in [0.05, 0.1) is 10.5 Å². The maximum absolute atomic E-state index is 12.4. The molecule has 1 unspecified atom stereocenters. The molecule has 0 saturated carbocycles. The number of benzene rings is 1. The summed E-state index contributed by atoms with van der Waals surface area (Å²) in [6.07, 6.45) is -5.66. The minimum Gasteiger partial charge on any atom is -0.476 e. The van der Waals surface area contributed by atoms with E-state index in [1.54, 1.807) is 0 Å². The van der Waals surface area contributed by atoms with Crippen LogP contribution in [0.1, 0.15) is 19.4 Å². The van der Waals surface area contributed by atoms with Crippen LogP contribution in [0.25, 0.3) is 0 Å². The second-order valence-electron chi connectivity index (χ2n) is 3.81. The summed E-state index contributed by atoms with van der Waals surface area (Å²) in [5.74, 6) is -0.769. The third kappa shape index (κ3) is 3.67. The predicted molar refractivity (Wildman–Crippen MR) is 58.9 cm³/mol. The van der Waals surface area contributed by atoms with Crippen molar-refractivity contribution in [2.24, 2.45) is 0 Å². The Balaban J connectivity index is 3.19. The smallest absolute Gasteiger partial charge is 0.416 e. The van der Waals surface area contributed by atoms with Gasteiger partial charge in [-0.3, -0.25) is 14.9 Å². The number of carbonyl (C=O) groups excluding carboxylic acids is 1. The Bertz CT molecular complexity index is 513. The predicted octanol–water partition coefficient (Wildman–Crippen LogP) is 2.97. The van der Waals surface area contributed by atoms with E-state index in [-0.39, 0.29) is 5.75 Å². The van der Waals surface area contributed by atoms with E-state index in [1.807, 2.05) is 0 Å². The molecule has 104 valence electrons. The fraction of sp³-hybridized carbons (Fsp3) is 0.364. The lowest BCUT2D eigenvalue weighted by Gasteiger charge is -2.13. The van der Waals surface area contributed by atoms with Crippen LogP contribution in [0.4, 0.5) is 18.9 Å². The van der Waals surface area contributed by atoms with Crippen LogP contribution in [0.15, 0.2) is 18.2 Å². The van der Waals surface area contributed by atoms with E-state index in [2.05, 4.69) is 0 Å². The lowest BCUT2D eigenvalue weighted by atomic mass is 10.1. The number of nitro benzene ring substituents is 1. The standard InChI is InChI=1S/C11H10F3NO4/c1-6(16)7(2)19-10-4-3-8(11(12,13)14)5-9(10)15(17)18/h3-5,7H,1-2H3. The van der Waals surface area contributed by atoms with Crippen LogP contribution >= 0.6 is 0 Å². The van der Waals surface area contributed by atoms with Crippen LogP contribution in [0.5, 0.6) is 5.75 Å². The SMILES string of the molecule is CC(=O)C(C)Oc1ccc(C(F)(F)F)cc1[N+](=O)[O-]. The number of Topliss-reactive ketones (excluding diaryl/α,β-unsaturated/α-hetero) is 1. The largest absolute Gasteiger partial charge is 0.476 e. The second kappa shape index (κ2) is 5.25. The molecule has 0 spiro atoms. The number of nitrogens with zero attached hydrogens (tertiary/aromatic N) is 1. The van der Waals surface area contributed by atoms with Crippen LogP contribution in [0.2, 0.25) is 0 Å². The van der Waals surface area contributed by atoms with Crippen LogP contribution < -0.4 is 4.74 Å². The number of hydrogen-bond donors (Lipinski definition) is 0. The van der Waals surface area contributed by atoms with Crippen molar-refractivity contribution >= 4 is 11.5 Å². The minimum atomic E-state index is -4.69. The van der Waals surface area contributed by atoms with Gasteiger partial charge in [-0.05, 0) is 26.0 Å². The van der Waals surface area contributed by atoms with E-state index in [1.165, 1.54) is 13.8 Å². The summed E-state index contributed by atoms with van der Waals surface area (Å²) in [4.78, 5) is 20.7. The first-order chi connectivity index (χ1) is 8.62. The molecule has 0 aliphatic heterocycles. The van der Waals surface area contributed by atoms with Crippen molar-refractivity contribution in [2.75, 3.05) is 0 Å². The Labute approximate surface area is 106 Å². The van der Waals surface area contributed by atoms with Crippen molar-refractivity contribution in [2.45, 2.75) is 26.1 Å². The van der Waals surface area contributed by atoms with E-state index in [0.29, 0.717) is 12.1 Å². The van der Waals surface area contributed by atoms with Gasteiger partial charge in [-0.25, -0.2) is 0 Å². The third-order valence-corrected chi connectivity index (χ3v) is 2.36. The van der Waals surface area contributed by atoms with Crippen molar-refractivity contribution < 1.29 is 27.6 Å². The van der Waals surface area contributed by atoms with Crippen LogP contribution in [-0.2, 0) is 11.0 Å². The number of ether oxygens (including phenoxy) is 1. The average Bonchev–Trinajstić information content (AvgIpc) is 2.27. The van der Waals surface area contributed by atoms with Crippen LogP contribution in [0.3, 0.4) is 0 Å². The molecule has 0 saturated heterocycles. The average molecular weight is 277 g/mol. The number of alkyl halides is 3. The minimum absolute atomic E-state index is 0.374. The molecule has 5 nitrogen and oxygen atoms in total. The fourth-order valence-corrected chi connectivity index (χ4v) is 1.21. The lowest BCUT2D eigenvalue weighted by Crippen LogP contribution is -2.21. The number of halogens is 3. The summed E-state index contributed by atoms with van der Waals surface area (Å²) < 4.78 is 42.3. The van der Waals surface area contributed by atoms with Crippen molar-refractivity contribution in [3.63, 3.8) is 0 Å². The van der Waals surface area contributed by atoms with E-state index in [0.717, 1.165) is 6.07 Å². The van der Waals surface area contributed by atoms with E-state index in [9.17, 15) is 28.1 Å². The fourth-order valence-electron chi connectivity index (χ4n) is 1.21. The first-order valence-corrected chi connectivity index (χ1v) is 5.15. The van der Waals surface area contributed by atoms with Crippen molar-refractivity contribution in [3.05, 3.63) is 33.9 Å². The van der Waals surface area contributed by atoms with Crippen molar-refractivity contribution in [3.8, 4) is 5.75 Å². The van der Waals surface area contributed by atoms with Crippen LogP contribution in [-0.4, -0.2) is 16.8 Å².